The quantitative estimate of drug-likeness (QED) is 0.814. The van der Waals surface area contributed by atoms with E-state index in [1.165, 1.54) is 19.3 Å². The first-order valence-corrected chi connectivity index (χ1v) is 7.91. The van der Waals surface area contributed by atoms with Crippen LogP contribution in [0.25, 0.3) is 0 Å². The van der Waals surface area contributed by atoms with Crippen LogP contribution in [0.5, 0.6) is 0 Å². The lowest BCUT2D eigenvalue weighted by atomic mass is 9.87. The molecule has 0 atom stereocenters. The summed E-state index contributed by atoms with van der Waals surface area (Å²) in [6, 6.07) is 0.366. The first kappa shape index (κ1) is 18.2. The highest BCUT2D eigenvalue weighted by atomic mass is 35.5. The first-order chi connectivity index (χ1) is 9.66. The third kappa shape index (κ3) is 5.83. The van der Waals surface area contributed by atoms with Crippen molar-refractivity contribution >= 4 is 24.3 Å². The van der Waals surface area contributed by atoms with Crippen LogP contribution in [-0.2, 0) is 9.59 Å². The largest absolute Gasteiger partial charge is 0.481 e. The Morgan fingerprint density at radius 3 is 2.24 bits per heavy atom. The number of carbonyl (C=O) groups excluding carboxylic acids is 1. The Morgan fingerprint density at radius 2 is 1.67 bits per heavy atom. The van der Waals surface area contributed by atoms with E-state index in [9.17, 15) is 9.59 Å². The summed E-state index contributed by atoms with van der Waals surface area (Å²) < 4.78 is 0. The topological polar surface area (TPSA) is 69.6 Å². The van der Waals surface area contributed by atoms with Crippen LogP contribution in [0.1, 0.15) is 51.4 Å². The van der Waals surface area contributed by atoms with Crippen LogP contribution in [0.4, 0.5) is 0 Å². The fraction of sp³-hybridized carbons (Fsp3) is 0.867. The van der Waals surface area contributed by atoms with Crippen molar-refractivity contribution < 1.29 is 14.7 Å². The summed E-state index contributed by atoms with van der Waals surface area (Å²) in [6.07, 6.45) is 7.86. The molecule has 1 saturated carbocycles. The van der Waals surface area contributed by atoms with Crippen molar-refractivity contribution in [3.05, 3.63) is 0 Å². The molecule has 0 bridgehead atoms. The molecule has 0 aromatic heterocycles. The van der Waals surface area contributed by atoms with E-state index in [1.807, 2.05) is 4.90 Å². The summed E-state index contributed by atoms with van der Waals surface area (Å²) in [5, 5.41) is 11.9. The van der Waals surface area contributed by atoms with Gasteiger partial charge in [-0.05, 0) is 25.7 Å². The van der Waals surface area contributed by atoms with Gasteiger partial charge in [0.25, 0.3) is 0 Å². The molecule has 21 heavy (non-hydrogen) atoms. The maximum atomic E-state index is 12.4. The number of nitrogens with one attached hydrogen (secondary N) is 1. The van der Waals surface area contributed by atoms with Gasteiger partial charge in [-0.25, -0.2) is 0 Å². The van der Waals surface area contributed by atoms with Crippen molar-refractivity contribution in [2.45, 2.75) is 57.4 Å². The minimum atomic E-state index is -0.762. The number of amides is 1. The molecule has 0 radical (unpaired) electrons. The predicted octanol–water partition coefficient (Wildman–Crippen LogP) is 2.04. The van der Waals surface area contributed by atoms with E-state index in [1.54, 1.807) is 0 Å². The molecule has 0 aromatic carbocycles. The Hall–Kier alpha value is -0.810. The lowest BCUT2D eigenvalue weighted by Gasteiger charge is -2.35. The molecule has 0 aromatic rings. The number of nitrogens with zero attached hydrogens (tertiary/aromatic N) is 1. The molecule has 1 aliphatic carbocycles. The van der Waals surface area contributed by atoms with Crippen LogP contribution in [0.2, 0.25) is 0 Å². The number of rotatable bonds is 5. The summed E-state index contributed by atoms with van der Waals surface area (Å²) in [4.78, 5) is 24.9. The minimum absolute atomic E-state index is 0. The van der Waals surface area contributed by atoms with Gasteiger partial charge in [-0.2, -0.15) is 0 Å². The molecule has 0 unspecified atom stereocenters. The van der Waals surface area contributed by atoms with Crippen molar-refractivity contribution in [2.24, 2.45) is 5.92 Å². The number of hydrogen-bond donors (Lipinski definition) is 2. The van der Waals surface area contributed by atoms with E-state index in [4.69, 9.17) is 5.11 Å². The molecule has 2 aliphatic rings. The third-order valence-electron chi connectivity index (χ3n) is 4.53. The van der Waals surface area contributed by atoms with E-state index in [2.05, 4.69) is 5.32 Å². The second-order valence-corrected chi connectivity index (χ2v) is 6.03. The fourth-order valence-electron chi connectivity index (χ4n) is 3.29. The number of carbonyl (C=O) groups is 2. The second kappa shape index (κ2) is 9.26. The normalized spacial score (nSPS) is 20.9. The summed E-state index contributed by atoms with van der Waals surface area (Å²) in [7, 11) is 0. The Morgan fingerprint density at radius 1 is 1.05 bits per heavy atom. The molecule has 6 heteroatoms. The molecular weight excluding hydrogens is 292 g/mol. The number of piperidine rings is 1. The first-order valence-electron chi connectivity index (χ1n) is 7.91. The van der Waals surface area contributed by atoms with Crippen LogP contribution < -0.4 is 5.32 Å². The molecule has 5 nitrogen and oxygen atoms in total. The average Bonchev–Trinajstić information content (AvgIpc) is 2.48. The van der Waals surface area contributed by atoms with Gasteiger partial charge in [0, 0.05) is 31.6 Å². The number of aliphatic carboxylic acids is 1. The Labute approximate surface area is 132 Å². The number of carboxylic acids is 1. The molecule has 1 saturated heterocycles. The van der Waals surface area contributed by atoms with Gasteiger partial charge in [-0.3, -0.25) is 9.59 Å². The van der Waals surface area contributed by atoms with E-state index in [0.29, 0.717) is 18.5 Å². The van der Waals surface area contributed by atoms with Gasteiger partial charge in [0.15, 0.2) is 0 Å². The molecule has 2 rings (SSSR count). The van der Waals surface area contributed by atoms with Crippen LogP contribution in [-0.4, -0.2) is 47.6 Å². The molecule has 0 spiro atoms. The SMILES string of the molecule is Cl.O=C(O)CCNC1CCN(C(=O)C2CCCCC2)CC1. The smallest absolute Gasteiger partial charge is 0.304 e. The van der Waals surface area contributed by atoms with Crippen molar-refractivity contribution in [2.75, 3.05) is 19.6 Å². The van der Waals surface area contributed by atoms with E-state index < -0.39 is 5.97 Å². The molecular formula is C15H27ClN2O3. The van der Waals surface area contributed by atoms with Crippen LogP contribution in [0.3, 0.4) is 0 Å². The van der Waals surface area contributed by atoms with Gasteiger partial charge in [-0.15, -0.1) is 12.4 Å². The number of halogens is 1. The Balaban J connectivity index is 0.00000220. The zero-order valence-corrected chi connectivity index (χ0v) is 13.4. The minimum Gasteiger partial charge on any atom is -0.481 e. The monoisotopic (exact) mass is 318 g/mol. The van der Waals surface area contributed by atoms with Gasteiger partial charge in [0.2, 0.25) is 5.91 Å². The van der Waals surface area contributed by atoms with Gasteiger partial charge in [-0.1, -0.05) is 19.3 Å². The van der Waals surface area contributed by atoms with Gasteiger partial charge in [0.1, 0.15) is 0 Å². The molecule has 1 aliphatic heterocycles. The van der Waals surface area contributed by atoms with Crippen molar-refractivity contribution in [1.82, 2.24) is 10.2 Å². The van der Waals surface area contributed by atoms with Gasteiger partial charge in [0.05, 0.1) is 6.42 Å². The lowest BCUT2D eigenvalue weighted by molar-refractivity contribution is -0.137. The number of carboxylic acid groups (broad SMARTS) is 1. The van der Waals surface area contributed by atoms with E-state index in [0.717, 1.165) is 38.8 Å². The average molecular weight is 319 g/mol. The predicted molar refractivity (Wildman–Crippen MR) is 83.7 cm³/mol. The molecule has 2 fully saturated rings. The number of likely N-dealkylation sites (tertiary alicyclic amines) is 1. The van der Waals surface area contributed by atoms with Crippen molar-refractivity contribution in [1.29, 1.82) is 0 Å². The summed E-state index contributed by atoms with van der Waals surface area (Å²) >= 11 is 0. The second-order valence-electron chi connectivity index (χ2n) is 6.03. The highest BCUT2D eigenvalue weighted by Gasteiger charge is 2.28. The number of hydrogen-bond acceptors (Lipinski definition) is 3. The maximum absolute atomic E-state index is 12.4. The zero-order chi connectivity index (χ0) is 14.4. The Kier molecular flexibility index (Phi) is 8.04. The molecule has 2 N–H and O–H groups in total. The van der Waals surface area contributed by atoms with E-state index >= 15 is 0 Å². The molecule has 122 valence electrons. The van der Waals surface area contributed by atoms with Crippen LogP contribution >= 0.6 is 12.4 Å². The lowest BCUT2D eigenvalue weighted by Crippen LogP contribution is -2.47. The Bertz CT molecular complexity index is 338. The zero-order valence-electron chi connectivity index (χ0n) is 12.6. The van der Waals surface area contributed by atoms with Crippen LogP contribution in [0, 0.1) is 5.92 Å². The van der Waals surface area contributed by atoms with Crippen LogP contribution in [0.15, 0.2) is 0 Å². The standard InChI is InChI=1S/C15H26N2O3.ClH/c18-14(19)6-9-16-13-7-10-17(11-8-13)15(20)12-4-2-1-3-5-12;/h12-13,16H,1-11H2,(H,18,19);1H. The van der Waals surface area contributed by atoms with Gasteiger partial charge >= 0.3 is 5.97 Å². The summed E-state index contributed by atoms with van der Waals surface area (Å²) in [6.45, 7) is 2.16. The van der Waals surface area contributed by atoms with Gasteiger partial charge < -0.3 is 15.3 Å². The highest BCUT2D eigenvalue weighted by Crippen LogP contribution is 2.26. The van der Waals surface area contributed by atoms with Crippen molar-refractivity contribution in [3.63, 3.8) is 0 Å². The third-order valence-corrected chi connectivity index (χ3v) is 4.53. The fourth-order valence-corrected chi connectivity index (χ4v) is 3.29. The summed E-state index contributed by atoms with van der Waals surface area (Å²) in [5.41, 5.74) is 0. The maximum Gasteiger partial charge on any atom is 0.304 e. The summed E-state index contributed by atoms with van der Waals surface area (Å²) in [5.74, 6) is -0.142. The highest BCUT2D eigenvalue weighted by molar-refractivity contribution is 5.85. The molecule has 1 heterocycles. The van der Waals surface area contributed by atoms with Crippen molar-refractivity contribution in [3.8, 4) is 0 Å². The van der Waals surface area contributed by atoms with E-state index in [-0.39, 0.29) is 24.7 Å². The molecule has 1 amide bonds.